The summed E-state index contributed by atoms with van der Waals surface area (Å²) in [7, 11) is 0. The SMILES string of the molecule is BrC1COCC1OC1CC1. The van der Waals surface area contributed by atoms with Gasteiger partial charge in [0.05, 0.1) is 30.2 Å². The molecule has 58 valence electrons. The molecular formula is C7H11BrO2. The Balaban J connectivity index is 1.79. The summed E-state index contributed by atoms with van der Waals surface area (Å²) >= 11 is 3.51. The van der Waals surface area contributed by atoms with Crippen LogP contribution < -0.4 is 0 Å². The lowest BCUT2D eigenvalue weighted by molar-refractivity contribution is 0.0334. The summed E-state index contributed by atoms with van der Waals surface area (Å²) in [4.78, 5) is 0.424. The van der Waals surface area contributed by atoms with Gasteiger partial charge in [-0.05, 0) is 12.8 Å². The van der Waals surface area contributed by atoms with E-state index < -0.39 is 0 Å². The molecule has 10 heavy (non-hydrogen) atoms. The molecule has 0 aromatic heterocycles. The van der Waals surface area contributed by atoms with Crippen molar-refractivity contribution in [3.63, 3.8) is 0 Å². The van der Waals surface area contributed by atoms with Crippen molar-refractivity contribution < 1.29 is 9.47 Å². The summed E-state index contributed by atoms with van der Waals surface area (Å²) in [5, 5.41) is 0. The molecule has 1 saturated carbocycles. The van der Waals surface area contributed by atoms with E-state index in [4.69, 9.17) is 9.47 Å². The summed E-state index contributed by atoms with van der Waals surface area (Å²) < 4.78 is 10.9. The van der Waals surface area contributed by atoms with E-state index in [-0.39, 0.29) is 0 Å². The number of alkyl halides is 1. The Morgan fingerprint density at radius 3 is 2.60 bits per heavy atom. The summed E-state index contributed by atoms with van der Waals surface area (Å²) in [6.45, 7) is 1.57. The molecule has 1 aliphatic heterocycles. The third-order valence-electron chi connectivity index (χ3n) is 1.85. The monoisotopic (exact) mass is 206 g/mol. The minimum atomic E-state index is 0.312. The van der Waals surface area contributed by atoms with E-state index >= 15 is 0 Å². The van der Waals surface area contributed by atoms with Gasteiger partial charge in [-0.25, -0.2) is 0 Å². The van der Waals surface area contributed by atoms with Gasteiger partial charge in [-0.15, -0.1) is 0 Å². The predicted octanol–water partition coefficient (Wildman–Crippen LogP) is 1.33. The molecule has 0 aromatic rings. The lowest BCUT2D eigenvalue weighted by atomic mass is 10.3. The van der Waals surface area contributed by atoms with E-state index in [1.54, 1.807) is 0 Å². The maximum Gasteiger partial charge on any atom is 0.0959 e. The van der Waals surface area contributed by atoms with Gasteiger partial charge in [-0.2, -0.15) is 0 Å². The second-order valence-corrected chi connectivity index (χ2v) is 4.10. The highest BCUT2D eigenvalue weighted by molar-refractivity contribution is 9.09. The molecule has 0 N–H and O–H groups in total. The topological polar surface area (TPSA) is 18.5 Å². The first-order valence-electron chi connectivity index (χ1n) is 3.73. The fraction of sp³-hybridized carbons (Fsp3) is 1.00. The summed E-state index contributed by atoms with van der Waals surface area (Å²) in [6, 6.07) is 0. The first kappa shape index (κ1) is 7.07. The van der Waals surface area contributed by atoms with E-state index in [1.807, 2.05) is 0 Å². The van der Waals surface area contributed by atoms with E-state index in [9.17, 15) is 0 Å². The van der Waals surface area contributed by atoms with Crippen molar-refractivity contribution in [1.29, 1.82) is 0 Å². The molecule has 0 radical (unpaired) electrons. The van der Waals surface area contributed by atoms with Crippen molar-refractivity contribution >= 4 is 15.9 Å². The number of ether oxygens (including phenoxy) is 2. The van der Waals surface area contributed by atoms with E-state index in [2.05, 4.69) is 15.9 Å². The summed E-state index contributed by atoms with van der Waals surface area (Å²) in [6.07, 6.45) is 3.35. The predicted molar refractivity (Wildman–Crippen MR) is 41.4 cm³/mol. The van der Waals surface area contributed by atoms with E-state index in [0.29, 0.717) is 17.0 Å². The molecular weight excluding hydrogens is 196 g/mol. The molecule has 2 nitrogen and oxygen atoms in total. The largest absolute Gasteiger partial charge is 0.377 e. The van der Waals surface area contributed by atoms with Crippen LogP contribution in [0.4, 0.5) is 0 Å². The Morgan fingerprint density at radius 1 is 1.30 bits per heavy atom. The van der Waals surface area contributed by atoms with Crippen LogP contribution in [0.1, 0.15) is 12.8 Å². The highest BCUT2D eigenvalue weighted by atomic mass is 79.9. The van der Waals surface area contributed by atoms with Gasteiger partial charge < -0.3 is 9.47 Å². The molecule has 2 aliphatic rings. The smallest absolute Gasteiger partial charge is 0.0959 e. The molecule has 0 spiro atoms. The summed E-state index contributed by atoms with van der Waals surface area (Å²) in [5.41, 5.74) is 0. The third kappa shape index (κ3) is 1.52. The number of hydrogen-bond acceptors (Lipinski definition) is 2. The molecule has 0 aromatic carbocycles. The minimum Gasteiger partial charge on any atom is -0.377 e. The Kier molecular flexibility index (Phi) is 1.98. The molecule has 1 heterocycles. The van der Waals surface area contributed by atoms with Crippen LogP contribution >= 0.6 is 15.9 Å². The first-order chi connectivity index (χ1) is 4.86. The molecule has 2 atom stereocenters. The molecule has 2 fully saturated rings. The minimum absolute atomic E-state index is 0.312. The lowest BCUT2D eigenvalue weighted by Crippen LogP contribution is -2.22. The van der Waals surface area contributed by atoms with Crippen molar-refractivity contribution in [1.82, 2.24) is 0 Å². The highest BCUT2D eigenvalue weighted by Crippen LogP contribution is 2.29. The zero-order valence-corrected chi connectivity index (χ0v) is 7.34. The Labute approximate surface area is 69.0 Å². The van der Waals surface area contributed by atoms with Crippen LogP contribution in [-0.2, 0) is 9.47 Å². The average Bonchev–Trinajstić information content (AvgIpc) is 2.62. The van der Waals surface area contributed by atoms with Gasteiger partial charge in [0.15, 0.2) is 0 Å². The zero-order valence-electron chi connectivity index (χ0n) is 5.75. The second-order valence-electron chi connectivity index (χ2n) is 2.93. The van der Waals surface area contributed by atoms with Gasteiger partial charge in [-0.3, -0.25) is 0 Å². The molecule has 2 unspecified atom stereocenters. The summed E-state index contributed by atoms with van der Waals surface area (Å²) in [5.74, 6) is 0. The Hall–Kier alpha value is 0.400. The number of halogens is 1. The van der Waals surface area contributed by atoms with Crippen LogP contribution in [0.2, 0.25) is 0 Å². The fourth-order valence-corrected chi connectivity index (χ4v) is 1.55. The van der Waals surface area contributed by atoms with Crippen LogP contribution in [0.3, 0.4) is 0 Å². The lowest BCUT2D eigenvalue weighted by Gasteiger charge is -2.11. The van der Waals surface area contributed by atoms with Crippen LogP contribution in [-0.4, -0.2) is 30.2 Å². The maximum atomic E-state index is 5.66. The maximum absolute atomic E-state index is 5.66. The van der Waals surface area contributed by atoms with Crippen molar-refractivity contribution in [2.24, 2.45) is 0 Å². The molecule has 0 amide bonds. The van der Waals surface area contributed by atoms with Crippen molar-refractivity contribution in [3.05, 3.63) is 0 Å². The van der Waals surface area contributed by atoms with Crippen molar-refractivity contribution in [2.45, 2.75) is 29.9 Å². The standard InChI is InChI=1S/C7H11BrO2/c8-6-3-9-4-7(6)10-5-1-2-5/h5-7H,1-4H2. The van der Waals surface area contributed by atoms with Gasteiger partial charge in [0.25, 0.3) is 0 Å². The fourth-order valence-electron chi connectivity index (χ4n) is 1.08. The normalized spacial score (nSPS) is 40.5. The number of rotatable bonds is 2. The van der Waals surface area contributed by atoms with Crippen LogP contribution in [0, 0.1) is 0 Å². The molecule has 1 aliphatic carbocycles. The first-order valence-corrected chi connectivity index (χ1v) is 4.65. The quantitative estimate of drug-likeness (QED) is 0.636. The molecule has 1 saturated heterocycles. The van der Waals surface area contributed by atoms with Crippen LogP contribution in [0.25, 0.3) is 0 Å². The molecule has 0 bridgehead atoms. The van der Waals surface area contributed by atoms with E-state index in [0.717, 1.165) is 13.2 Å². The van der Waals surface area contributed by atoms with Gasteiger partial charge in [-0.1, -0.05) is 15.9 Å². The van der Waals surface area contributed by atoms with Gasteiger partial charge in [0.2, 0.25) is 0 Å². The molecule has 3 heteroatoms. The Bertz CT molecular complexity index is 125. The van der Waals surface area contributed by atoms with Crippen LogP contribution in [0.5, 0.6) is 0 Å². The van der Waals surface area contributed by atoms with Crippen molar-refractivity contribution in [2.75, 3.05) is 13.2 Å². The number of hydrogen-bond donors (Lipinski definition) is 0. The Morgan fingerprint density at radius 2 is 2.10 bits per heavy atom. The van der Waals surface area contributed by atoms with Crippen LogP contribution in [0.15, 0.2) is 0 Å². The van der Waals surface area contributed by atoms with Gasteiger partial charge in [0, 0.05) is 0 Å². The van der Waals surface area contributed by atoms with Crippen molar-refractivity contribution in [3.8, 4) is 0 Å². The third-order valence-corrected chi connectivity index (χ3v) is 2.71. The van der Waals surface area contributed by atoms with Gasteiger partial charge in [0.1, 0.15) is 0 Å². The van der Waals surface area contributed by atoms with E-state index in [1.165, 1.54) is 12.8 Å². The second kappa shape index (κ2) is 2.80. The highest BCUT2D eigenvalue weighted by Gasteiger charge is 2.33. The zero-order chi connectivity index (χ0) is 6.97. The molecule has 2 rings (SSSR count). The average molecular weight is 207 g/mol. The van der Waals surface area contributed by atoms with Gasteiger partial charge >= 0.3 is 0 Å².